The van der Waals surface area contributed by atoms with Crippen molar-refractivity contribution in [2.75, 3.05) is 24.5 Å². The molecule has 1 aromatic carbocycles. The van der Waals surface area contributed by atoms with Crippen molar-refractivity contribution in [3.8, 4) is 0 Å². The molecule has 18 heavy (non-hydrogen) atoms. The fourth-order valence-corrected chi connectivity index (χ4v) is 2.11. The van der Waals surface area contributed by atoms with Crippen molar-refractivity contribution in [3.05, 3.63) is 29.8 Å². The lowest BCUT2D eigenvalue weighted by Crippen LogP contribution is -2.37. The Hall–Kier alpha value is -2.04. The van der Waals surface area contributed by atoms with E-state index in [4.69, 9.17) is 5.11 Å². The van der Waals surface area contributed by atoms with Crippen LogP contribution in [0.15, 0.2) is 24.3 Å². The fraction of sp³-hybridized carbons (Fsp3) is 0.385. The van der Waals surface area contributed by atoms with E-state index in [2.05, 4.69) is 11.4 Å². The van der Waals surface area contributed by atoms with Crippen LogP contribution in [-0.4, -0.2) is 36.6 Å². The standard InChI is InChI=1S/C13H16N2O3/c16-12(14-7-5-13(17)18)9-15-8-6-10-3-1-2-4-11(10)15/h1-4H,5-9H2,(H,14,16)(H,17,18). The van der Waals surface area contributed by atoms with Crippen molar-refractivity contribution in [2.24, 2.45) is 0 Å². The molecule has 96 valence electrons. The quantitative estimate of drug-likeness (QED) is 0.802. The molecule has 2 rings (SSSR count). The molecule has 0 bridgehead atoms. The molecule has 5 nitrogen and oxygen atoms in total. The number of fused-ring (bicyclic) bond motifs is 1. The van der Waals surface area contributed by atoms with Gasteiger partial charge in [0.05, 0.1) is 13.0 Å². The number of carbonyl (C=O) groups excluding carboxylic acids is 1. The zero-order valence-corrected chi connectivity index (χ0v) is 10.1. The summed E-state index contributed by atoms with van der Waals surface area (Å²) in [6, 6.07) is 8.03. The maximum absolute atomic E-state index is 11.6. The molecular weight excluding hydrogens is 232 g/mol. The van der Waals surface area contributed by atoms with Gasteiger partial charge in [0.25, 0.3) is 0 Å². The summed E-state index contributed by atoms with van der Waals surface area (Å²) in [7, 11) is 0. The zero-order chi connectivity index (χ0) is 13.0. The van der Waals surface area contributed by atoms with Gasteiger partial charge in [0.1, 0.15) is 0 Å². The van der Waals surface area contributed by atoms with E-state index in [0.29, 0.717) is 0 Å². The van der Waals surface area contributed by atoms with Crippen molar-refractivity contribution in [1.29, 1.82) is 0 Å². The van der Waals surface area contributed by atoms with Gasteiger partial charge in [-0.1, -0.05) is 18.2 Å². The van der Waals surface area contributed by atoms with Crippen molar-refractivity contribution in [3.63, 3.8) is 0 Å². The number of para-hydroxylation sites is 1. The molecule has 0 atom stereocenters. The Morgan fingerprint density at radius 3 is 2.89 bits per heavy atom. The summed E-state index contributed by atoms with van der Waals surface area (Å²) in [4.78, 5) is 24.0. The molecule has 0 aromatic heterocycles. The summed E-state index contributed by atoms with van der Waals surface area (Å²) in [5, 5.41) is 11.1. The van der Waals surface area contributed by atoms with Crippen LogP contribution >= 0.6 is 0 Å². The molecule has 0 saturated heterocycles. The number of carboxylic acid groups (broad SMARTS) is 1. The summed E-state index contributed by atoms with van der Waals surface area (Å²) < 4.78 is 0. The van der Waals surface area contributed by atoms with Gasteiger partial charge in [-0.2, -0.15) is 0 Å². The van der Waals surface area contributed by atoms with Crippen LogP contribution in [0.3, 0.4) is 0 Å². The van der Waals surface area contributed by atoms with E-state index in [1.54, 1.807) is 0 Å². The highest BCUT2D eigenvalue weighted by molar-refractivity contribution is 5.82. The molecule has 2 N–H and O–H groups in total. The zero-order valence-electron chi connectivity index (χ0n) is 10.1. The first kappa shape index (κ1) is 12.4. The van der Waals surface area contributed by atoms with E-state index in [9.17, 15) is 9.59 Å². The molecule has 1 amide bonds. The fourth-order valence-electron chi connectivity index (χ4n) is 2.11. The van der Waals surface area contributed by atoms with E-state index < -0.39 is 5.97 Å². The van der Waals surface area contributed by atoms with E-state index in [1.165, 1.54) is 5.56 Å². The Labute approximate surface area is 105 Å². The third-order valence-corrected chi connectivity index (χ3v) is 2.98. The van der Waals surface area contributed by atoms with Crippen LogP contribution < -0.4 is 10.2 Å². The molecule has 1 heterocycles. The van der Waals surface area contributed by atoms with Crippen LogP contribution in [-0.2, 0) is 16.0 Å². The molecule has 1 aromatic rings. The maximum Gasteiger partial charge on any atom is 0.305 e. The normalized spacial score (nSPS) is 13.2. The predicted molar refractivity (Wildman–Crippen MR) is 67.6 cm³/mol. The number of anilines is 1. The SMILES string of the molecule is O=C(O)CCNC(=O)CN1CCc2ccccc21. The highest BCUT2D eigenvalue weighted by Gasteiger charge is 2.20. The van der Waals surface area contributed by atoms with Crippen LogP contribution in [0, 0.1) is 0 Å². The number of aliphatic carboxylic acids is 1. The number of hydrogen-bond donors (Lipinski definition) is 2. The first-order valence-electron chi connectivity index (χ1n) is 5.98. The van der Waals surface area contributed by atoms with Crippen LogP contribution in [0.2, 0.25) is 0 Å². The average molecular weight is 248 g/mol. The van der Waals surface area contributed by atoms with Crippen molar-refractivity contribution in [2.45, 2.75) is 12.8 Å². The lowest BCUT2D eigenvalue weighted by Gasteiger charge is -2.18. The predicted octanol–water partition coefficient (Wildman–Crippen LogP) is 0.640. The molecule has 0 saturated carbocycles. The first-order valence-corrected chi connectivity index (χ1v) is 5.98. The summed E-state index contributed by atoms with van der Waals surface area (Å²) in [6.45, 7) is 1.31. The Balaban J connectivity index is 1.84. The molecular formula is C13H16N2O3. The van der Waals surface area contributed by atoms with E-state index >= 15 is 0 Å². The number of carboxylic acids is 1. The van der Waals surface area contributed by atoms with Crippen molar-refractivity contribution in [1.82, 2.24) is 5.32 Å². The molecule has 0 radical (unpaired) electrons. The number of amides is 1. The van der Waals surface area contributed by atoms with Gasteiger partial charge < -0.3 is 15.3 Å². The minimum absolute atomic E-state index is 0.0394. The minimum Gasteiger partial charge on any atom is -0.481 e. The van der Waals surface area contributed by atoms with E-state index in [-0.39, 0.29) is 25.4 Å². The van der Waals surface area contributed by atoms with E-state index in [1.807, 2.05) is 23.1 Å². The third-order valence-electron chi connectivity index (χ3n) is 2.98. The highest BCUT2D eigenvalue weighted by Crippen LogP contribution is 2.26. The van der Waals surface area contributed by atoms with Gasteiger partial charge >= 0.3 is 5.97 Å². The van der Waals surface area contributed by atoms with Gasteiger partial charge in [-0.3, -0.25) is 9.59 Å². The molecule has 0 spiro atoms. The summed E-state index contributed by atoms with van der Waals surface area (Å²) in [6.07, 6.45) is 0.918. The monoisotopic (exact) mass is 248 g/mol. The average Bonchev–Trinajstić information content (AvgIpc) is 2.72. The number of rotatable bonds is 5. The smallest absolute Gasteiger partial charge is 0.305 e. The van der Waals surface area contributed by atoms with Crippen molar-refractivity contribution < 1.29 is 14.7 Å². The van der Waals surface area contributed by atoms with Crippen LogP contribution in [0.25, 0.3) is 0 Å². The minimum atomic E-state index is -0.901. The number of carbonyl (C=O) groups is 2. The summed E-state index contributed by atoms with van der Waals surface area (Å²) in [5.74, 6) is -1.03. The second-order valence-corrected chi connectivity index (χ2v) is 4.29. The van der Waals surface area contributed by atoms with Gasteiger partial charge in [0, 0.05) is 18.8 Å². The van der Waals surface area contributed by atoms with Crippen molar-refractivity contribution >= 4 is 17.6 Å². The highest BCUT2D eigenvalue weighted by atomic mass is 16.4. The lowest BCUT2D eigenvalue weighted by molar-refractivity contribution is -0.136. The molecule has 1 aliphatic rings. The molecule has 0 aliphatic carbocycles. The second kappa shape index (κ2) is 5.53. The number of hydrogen-bond acceptors (Lipinski definition) is 3. The topological polar surface area (TPSA) is 69.6 Å². The largest absolute Gasteiger partial charge is 0.481 e. The number of nitrogens with one attached hydrogen (secondary N) is 1. The summed E-state index contributed by atoms with van der Waals surface area (Å²) >= 11 is 0. The molecule has 0 unspecified atom stereocenters. The van der Waals surface area contributed by atoms with Gasteiger partial charge in [-0.15, -0.1) is 0 Å². The number of nitrogens with zero attached hydrogens (tertiary/aromatic N) is 1. The van der Waals surface area contributed by atoms with Gasteiger partial charge in [0.15, 0.2) is 0 Å². The Morgan fingerprint density at radius 2 is 2.11 bits per heavy atom. The lowest BCUT2D eigenvalue weighted by atomic mass is 10.2. The van der Waals surface area contributed by atoms with Crippen LogP contribution in [0.5, 0.6) is 0 Å². The van der Waals surface area contributed by atoms with Gasteiger partial charge in [-0.25, -0.2) is 0 Å². The molecule has 0 fully saturated rings. The van der Waals surface area contributed by atoms with Crippen LogP contribution in [0.4, 0.5) is 5.69 Å². The maximum atomic E-state index is 11.6. The van der Waals surface area contributed by atoms with Gasteiger partial charge in [-0.05, 0) is 18.1 Å². The van der Waals surface area contributed by atoms with Gasteiger partial charge in [0.2, 0.25) is 5.91 Å². The third kappa shape index (κ3) is 3.00. The summed E-state index contributed by atoms with van der Waals surface area (Å²) in [5.41, 5.74) is 2.36. The molecule has 1 aliphatic heterocycles. The molecule has 5 heteroatoms. The van der Waals surface area contributed by atoms with E-state index in [0.717, 1.165) is 18.7 Å². The second-order valence-electron chi connectivity index (χ2n) is 4.29. The van der Waals surface area contributed by atoms with Crippen LogP contribution in [0.1, 0.15) is 12.0 Å². The Kier molecular flexibility index (Phi) is 3.82. The Bertz CT molecular complexity index is 459. The Morgan fingerprint density at radius 1 is 1.33 bits per heavy atom. The number of benzene rings is 1. The first-order chi connectivity index (χ1) is 8.66.